The zero-order valence-electron chi connectivity index (χ0n) is 13.5. The lowest BCUT2D eigenvalue weighted by Gasteiger charge is -2.11. The van der Waals surface area contributed by atoms with Gasteiger partial charge in [0.15, 0.2) is 11.1 Å². The Morgan fingerprint density at radius 1 is 1.41 bits per heavy atom. The van der Waals surface area contributed by atoms with E-state index in [4.69, 9.17) is 0 Å². The number of thiazole rings is 1. The molecule has 0 atom stereocenters. The first kappa shape index (κ1) is 16.3. The van der Waals surface area contributed by atoms with Crippen LogP contribution in [0.2, 0.25) is 0 Å². The Kier molecular flexibility index (Phi) is 5.76. The zero-order valence-corrected chi connectivity index (χ0v) is 14.3. The summed E-state index contributed by atoms with van der Waals surface area (Å²) in [6.45, 7) is 4.11. The lowest BCUT2D eigenvalue weighted by atomic mass is 10.4. The van der Waals surface area contributed by atoms with E-state index in [2.05, 4.69) is 25.7 Å². The Morgan fingerprint density at radius 3 is 2.82 bits per heavy atom. The smallest absolute Gasteiger partial charge is 0.191 e. The molecule has 0 saturated carbocycles. The van der Waals surface area contributed by atoms with Gasteiger partial charge in [0.2, 0.25) is 0 Å². The van der Waals surface area contributed by atoms with E-state index in [9.17, 15) is 0 Å². The number of hydrogen-bond donors (Lipinski definition) is 2. The maximum atomic E-state index is 4.58. The van der Waals surface area contributed by atoms with Crippen LogP contribution in [0.25, 0.3) is 0 Å². The Labute approximate surface area is 135 Å². The molecule has 0 amide bonds. The van der Waals surface area contributed by atoms with Crippen molar-refractivity contribution in [1.82, 2.24) is 25.4 Å². The summed E-state index contributed by atoms with van der Waals surface area (Å²) in [5.74, 6) is 0.781. The van der Waals surface area contributed by atoms with E-state index in [1.807, 2.05) is 49.1 Å². The summed E-state index contributed by atoms with van der Waals surface area (Å²) in [7, 11) is 5.91. The fourth-order valence-corrected chi connectivity index (χ4v) is 2.57. The summed E-state index contributed by atoms with van der Waals surface area (Å²) in [4.78, 5) is 11.1. The van der Waals surface area contributed by atoms with Crippen LogP contribution in [0, 0.1) is 0 Å². The first-order valence-corrected chi connectivity index (χ1v) is 8.09. The first-order chi connectivity index (χ1) is 10.6. The summed E-state index contributed by atoms with van der Waals surface area (Å²) in [6.07, 6.45) is 1.79. The molecule has 2 aromatic heterocycles. The van der Waals surface area contributed by atoms with E-state index in [0.29, 0.717) is 13.1 Å². The minimum absolute atomic E-state index is 0.561. The quantitative estimate of drug-likeness (QED) is 0.618. The topological polar surface area (TPSA) is 70.4 Å². The van der Waals surface area contributed by atoms with Crippen molar-refractivity contribution in [2.75, 3.05) is 25.5 Å². The van der Waals surface area contributed by atoms with Crippen LogP contribution >= 0.6 is 11.3 Å². The first-order valence-electron chi connectivity index (χ1n) is 7.21. The average molecular weight is 321 g/mol. The number of guanidine groups is 1. The molecule has 0 aliphatic rings. The van der Waals surface area contributed by atoms with Gasteiger partial charge in [0, 0.05) is 39.3 Å². The molecular formula is C14H23N7S. The van der Waals surface area contributed by atoms with E-state index in [-0.39, 0.29) is 0 Å². The lowest BCUT2D eigenvalue weighted by Crippen LogP contribution is -2.37. The van der Waals surface area contributed by atoms with Gasteiger partial charge in [0.25, 0.3) is 0 Å². The van der Waals surface area contributed by atoms with Gasteiger partial charge in [-0.05, 0) is 13.0 Å². The maximum Gasteiger partial charge on any atom is 0.191 e. The van der Waals surface area contributed by atoms with Gasteiger partial charge in [-0.1, -0.05) is 0 Å². The summed E-state index contributed by atoms with van der Waals surface area (Å²) in [5.41, 5.74) is 2.08. The number of hydrogen-bond acceptors (Lipinski definition) is 5. The van der Waals surface area contributed by atoms with Crippen molar-refractivity contribution >= 4 is 22.4 Å². The van der Waals surface area contributed by atoms with Gasteiger partial charge in [-0.3, -0.25) is 4.68 Å². The molecular weight excluding hydrogens is 298 g/mol. The molecule has 2 N–H and O–H groups in total. The van der Waals surface area contributed by atoms with Gasteiger partial charge < -0.3 is 15.5 Å². The molecule has 0 bridgehead atoms. The maximum absolute atomic E-state index is 4.58. The third kappa shape index (κ3) is 4.45. The Morgan fingerprint density at radius 2 is 2.23 bits per heavy atom. The highest BCUT2D eigenvalue weighted by atomic mass is 32.1. The van der Waals surface area contributed by atoms with Crippen LogP contribution in [0.15, 0.2) is 22.6 Å². The number of nitrogens with one attached hydrogen (secondary N) is 2. The van der Waals surface area contributed by atoms with Crippen LogP contribution in [-0.4, -0.2) is 41.4 Å². The number of aliphatic imine (C=N–C) groups is 1. The minimum atomic E-state index is 0.561. The number of aromatic nitrogens is 3. The van der Waals surface area contributed by atoms with E-state index in [0.717, 1.165) is 29.0 Å². The van der Waals surface area contributed by atoms with Crippen LogP contribution in [0.3, 0.4) is 0 Å². The van der Waals surface area contributed by atoms with Crippen molar-refractivity contribution in [2.24, 2.45) is 12.0 Å². The molecule has 0 saturated heterocycles. The van der Waals surface area contributed by atoms with Crippen LogP contribution in [-0.2, 0) is 20.1 Å². The molecule has 22 heavy (non-hydrogen) atoms. The predicted molar refractivity (Wildman–Crippen MR) is 91.3 cm³/mol. The molecule has 0 aliphatic heterocycles. The van der Waals surface area contributed by atoms with Gasteiger partial charge in [0.1, 0.15) is 0 Å². The van der Waals surface area contributed by atoms with Crippen LogP contribution < -0.4 is 15.5 Å². The van der Waals surface area contributed by atoms with Crippen molar-refractivity contribution < 1.29 is 0 Å². The normalized spacial score (nSPS) is 11.5. The van der Waals surface area contributed by atoms with Crippen LogP contribution in [0.1, 0.15) is 18.3 Å². The number of anilines is 1. The monoisotopic (exact) mass is 321 g/mol. The molecule has 8 heteroatoms. The fraction of sp³-hybridized carbons (Fsp3) is 0.500. The Hall–Kier alpha value is -2.09. The lowest BCUT2D eigenvalue weighted by molar-refractivity contribution is 0.684. The summed E-state index contributed by atoms with van der Waals surface area (Å²) < 4.78 is 1.85. The van der Waals surface area contributed by atoms with E-state index in [1.54, 1.807) is 17.5 Å². The predicted octanol–water partition coefficient (Wildman–Crippen LogP) is 1.20. The molecule has 2 heterocycles. The number of nitrogens with zero attached hydrogens (tertiary/aromatic N) is 5. The summed E-state index contributed by atoms with van der Waals surface area (Å²) in [6, 6.07) is 1.99. The van der Waals surface area contributed by atoms with Crippen molar-refractivity contribution in [3.63, 3.8) is 0 Å². The second-order valence-electron chi connectivity index (χ2n) is 5.01. The van der Waals surface area contributed by atoms with Gasteiger partial charge >= 0.3 is 0 Å². The minimum Gasteiger partial charge on any atom is -0.357 e. The second-order valence-corrected chi connectivity index (χ2v) is 5.85. The molecule has 2 aromatic rings. The second kappa shape index (κ2) is 7.79. The molecule has 0 unspecified atom stereocenters. The Bertz CT molecular complexity index is 614. The van der Waals surface area contributed by atoms with E-state index in [1.165, 1.54) is 0 Å². The molecule has 0 aliphatic carbocycles. The molecule has 0 radical (unpaired) electrons. The molecule has 120 valence electrons. The van der Waals surface area contributed by atoms with Crippen molar-refractivity contribution in [3.8, 4) is 0 Å². The molecule has 7 nitrogen and oxygen atoms in total. The average Bonchev–Trinajstić information content (AvgIpc) is 3.11. The van der Waals surface area contributed by atoms with Crippen molar-refractivity contribution in [2.45, 2.75) is 20.0 Å². The van der Waals surface area contributed by atoms with E-state index < -0.39 is 0 Å². The van der Waals surface area contributed by atoms with Crippen molar-refractivity contribution in [1.29, 1.82) is 0 Å². The third-order valence-electron chi connectivity index (χ3n) is 3.02. The molecule has 0 fully saturated rings. The van der Waals surface area contributed by atoms with Gasteiger partial charge in [-0.25, -0.2) is 9.98 Å². The van der Waals surface area contributed by atoms with Gasteiger partial charge in [-0.15, -0.1) is 11.3 Å². The fourth-order valence-electron chi connectivity index (χ4n) is 1.83. The largest absolute Gasteiger partial charge is 0.357 e. The molecule has 0 spiro atoms. The SMILES string of the molecule is CCNC(=NCc1csc(N(C)C)n1)NCc1ccnn1C. The highest BCUT2D eigenvalue weighted by Gasteiger charge is 2.04. The van der Waals surface area contributed by atoms with Gasteiger partial charge in [-0.2, -0.15) is 5.10 Å². The van der Waals surface area contributed by atoms with E-state index >= 15 is 0 Å². The Balaban J connectivity index is 1.95. The zero-order chi connectivity index (χ0) is 15.9. The van der Waals surface area contributed by atoms with Crippen LogP contribution in [0.5, 0.6) is 0 Å². The standard InChI is InChI=1S/C14H23N7S/c1-5-15-13(17-9-12-6-7-18-21(12)4)16-8-11-10-22-14(19-11)20(2)3/h6-7,10H,5,8-9H2,1-4H3,(H2,15,16,17). The molecule has 2 rings (SSSR count). The number of aryl methyl sites for hydroxylation is 1. The summed E-state index contributed by atoms with van der Waals surface area (Å²) in [5, 5.41) is 13.7. The highest BCUT2D eigenvalue weighted by molar-refractivity contribution is 7.13. The number of rotatable bonds is 6. The third-order valence-corrected chi connectivity index (χ3v) is 4.08. The summed E-state index contributed by atoms with van der Waals surface area (Å²) >= 11 is 1.63. The highest BCUT2D eigenvalue weighted by Crippen LogP contribution is 2.18. The van der Waals surface area contributed by atoms with Gasteiger partial charge in [0.05, 0.1) is 24.5 Å². The van der Waals surface area contributed by atoms with Crippen molar-refractivity contribution in [3.05, 3.63) is 29.0 Å². The molecule has 0 aromatic carbocycles. The van der Waals surface area contributed by atoms with Crippen LogP contribution in [0.4, 0.5) is 5.13 Å².